The van der Waals surface area contributed by atoms with Crippen molar-refractivity contribution in [3.63, 3.8) is 0 Å². The average molecular weight is 561 g/mol. The molecule has 2 aliphatic rings. The lowest BCUT2D eigenvalue weighted by Gasteiger charge is -2.46. The molecule has 2 fully saturated rings. The minimum atomic E-state index is -2.92. The summed E-state index contributed by atoms with van der Waals surface area (Å²) in [5.74, 6) is 0.312. The number of morpholine rings is 1. The van der Waals surface area contributed by atoms with Gasteiger partial charge in [0.05, 0.1) is 25.8 Å². The Hall–Kier alpha value is -3.81. The summed E-state index contributed by atoms with van der Waals surface area (Å²) in [5, 5.41) is 10.2. The molecule has 1 amide bonds. The van der Waals surface area contributed by atoms with E-state index < -0.39 is 30.0 Å². The van der Waals surface area contributed by atoms with Gasteiger partial charge >= 0.3 is 6.09 Å². The van der Waals surface area contributed by atoms with Crippen molar-refractivity contribution in [1.29, 1.82) is 0 Å². The Balaban J connectivity index is 1.71. The van der Waals surface area contributed by atoms with Crippen LogP contribution in [0.3, 0.4) is 0 Å². The van der Waals surface area contributed by atoms with Crippen molar-refractivity contribution in [3.8, 4) is 11.7 Å². The molecule has 0 aliphatic carbocycles. The summed E-state index contributed by atoms with van der Waals surface area (Å²) >= 11 is 0. The van der Waals surface area contributed by atoms with Crippen LogP contribution in [-0.2, 0) is 4.74 Å². The van der Waals surface area contributed by atoms with E-state index in [1.807, 2.05) is 30.6 Å². The molecule has 2 aromatic heterocycles. The fraction of sp³-hybridized carbons (Fsp3) is 0.577. The molecule has 0 bridgehead atoms. The molecule has 14 heteroatoms. The fourth-order valence-corrected chi connectivity index (χ4v) is 5.37. The highest BCUT2D eigenvalue weighted by Gasteiger charge is 2.39. The van der Waals surface area contributed by atoms with Crippen molar-refractivity contribution in [1.82, 2.24) is 29.4 Å². The molecule has 3 aromatic rings. The van der Waals surface area contributed by atoms with Crippen LogP contribution in [0.25, 0.3) is 17.0 Å². The van der Waals surface area contributed by atoms with Crippen LogP contribution in [0.5, 0.6) is 5.75 Å². The van der Waals surface area contributed by atoms with Crippen molar-refractivity contribution in [2.24, 2.45) is 0 Å². The van der Waals surface area contributed by atoms with Crippen LogP contribution >= 0.6 is 0 Å². The van der Waals surface area contributed by atoms with Crippen molar-refractivity contribution >= 4 is 29.0 Å². The summed E-state index contributed by atoms with van der Waals surface area (Å²) in [4.78, 5) is 35.9. The van der Waals surface area contributed by atoms with Crippen LogP contribution in [0.4, 0.5) is 25.5 Å². The number of aromatic nitrogens is 5. The number of alkyl halides is 2. The van der Waals surface area contributed by atoms with Crippen molar-refractivity contribution in [2.45, 2.75) is 58.2 Å². The number of fused-ring (bicyclic) bond motifs is 1. The molecule has 1 aromatic carbocycles. The Kier molecular flexibility index (Phi) is 7.62. The van der Waals surface area contributed by atoms with Crippen LogP contribution in [0.2, 0.25) is 0 Å². The molecule has 5 rings (SSSR count). The predicted molar refractivity (Wildman–Crippen MR) is 144 cm³/mol. The van der Waals surface area contributed by atoms with Crippen LogP contribution in [-0.4, -0.2) is 92.3 Å². The SMILES string of the molecule is COc1cccc2c1nc(C(F)F)n2-c1nc(N2CCOCC2)nc(N2CCCCC2N(C(=O)O)C(C)(C)C)n1. The van der Waals surface area contributed by atoms with Crippen LogP contribution in [0.15, 0.2) is 18.2 Å². The molecule has 216 valence electrons. The number of hydrogen-bond acceptors (Lipinski definition) is 9. The maximum absolute atomic E-state index is 14.4. The fourth-order valence-electron chi connectivity index (χ4n) is 5.37. The van der Waals surface area contributed by atoms with Gasteiger partial charge in [-0.15, -0.1) is 0 Å². The highest BCUT2D eigenvalue weighted by atomic mass is 19.3. The van der Waals surface area contributed by atoms with Gasteiger partial charge in [-0.25, -0.2) is 18.6 Å². The van der Waals surface area contributed by atoms with E-state index in [0.29, 0.717) is 56.5 Å². The first kappa shape index (κ1) is 27.7. The number of halogens is 2. The minimum Gasteiger partial charge on any atom is -0.494 e. The van der Waals surface area contributed by atoms with Crippen LogP contribution in [0.1, 0.15) is 52.3 Å². The lowest BCUT2D eigenvalue weighted by atomic mass is 10.0. The van der Waals surface area contributed by atoms with Gasteiger partial charge in [0, 0.05) is 25.2 Å². The molecule has 1 atom stereocenters. The van der Waals surface area contributed by atoms with E-state index in [2.05, 4.69) is 9.97 Å². The van der Waals surface area contributed by atoms with Gasteiger partial charge in [-0.1, -0.05) is 6.07 Å². The van der Waals surface area contributed by atoms with E-state index in [1.165, 1.54) is 16.6 Å². The van der Waals surface area contributed by atoms with Gasteiger partial charge in [0.25, 0.3) is 6.43 Å². The Morgan fingerprint density at radius 3 is 2.42 bits per heavy atom. The van der Waals surface area contributed by atoms with Crippen LogP contribution < -0.4 is 14.5 Å². The van der Waals surface area contributed by atoms with Gasteiger partial charge < -0.3 is 24.4 Å². The van der Waals surface area contributed by atoms with E-state index in [1.54, 1.807) is 18.2 Å². The molecule has 2 saturated heterocycles. The van der Waals surface area contributed by atoms with E-state index >= 15 is 0 Å². The molecule has 2 aliphatic heterocycles. The molecule has 40 heavy (non-hydrogen) atoms. The molecule has 1 N–H and O–H groups in total. The highest BCUT2D eigenvalue weighted by Crippen LogP contribution is 2.34. The summed E-state index contributed by atoms with van der Waals surface area (Å²) < 4.78 is 40.9. The number of carboxylic acid groups (broad SMARTS) is 1. The standard InChI is InChI=1S/C26H34F2N8O4/c1-26(2,3)36(25(37)38)18-10-5-6-11-34(18)23-30-22(33-12-14-40-15-13-33)31-24(32-23)35-16-8-7-9-17(39-4)19(16)29-21(35)20(27)28/h7-9,18,20H,5-6,10-15H2,1-4H3,(H,37,38). The molecule has 0 radical (unpaired) electrons. The quantitative estimate of drug-likeness (QED) is 0.472. The molecule has 4 heterocycles. The molecule has 0 spiro atoms. The third-order valence-electron chi connectivity index (χ3n) is 7.14. The second-order valence-corrected chi connectivity index (χ2v) is 10.8. The van der Waals surface area contributed by atoms with E-state index in [9.17, 15) is 18.7 Å². The largest absolute Gasteiger partial charge is 0.494 e. The number of ether oxygens (including phenoxy) is 2. The smallest absolute Gasteiger partial charge is 0.409 e. The second-order valence-electron chi connectivity index (χ2n) is 10.8. The zero-order chi connectivity index (χ0) is 28.6. The first-order chi connectivity index (χ1) is 19.1. The summed E-state index contributed by atoms with van der Waals surface area (Å²) in [6.07, 6.45) is -2.32. The summed E-state index contributed by atoms with van der Waals surface area (Å²) in [6.45, 7) is 7.96. The lowest BCUT2D eigenvalue weighted by molar-refractivity contribution is 0.0596. The van der Waals surface area contributed by atoms with Gasteiger partial charge in [0.15, 0.2) is 5.82 Å². The second kappa shape index (κ2) is 11.0. The normalized spacial score (nSPS) is 18.4. The van der Waals surface area contributed by atoms with Crippen LogP contribution in [0, 0.1) is 0 Å². The van der Waals surface area contributed by atoms with Gasteiger partial charge in [0.2, 0.25) is 17.8 Å². The van der Waals surface area contributed by atoms with Gasteiger partial charge in [-0.3, -0.25) is 9.47 Å². The Morgan fingerprint density at radius 2 is 1.77 bits per heavy atom. The van der Waals surface area contributed by atoms with Crippen molar-refractivity contribution in [2.75, 3.05) is 49.8 Å². The highest BCUT2D eigenvalue weighted by molar-refractivity contribution is 5.84. The third-order valence-corrected chi connectivity index (χ3v) is 7.14. The number of methoxy groups -OCH3 is 1. The van der Waals surface area contributed by atoms with Crippen molar-refractivity contribution < 1.29 is 28.2 Å². The number of nitrogens with zero attached hydrogens (tertiary/aromatic N) is 8. The van der Waals surface area contributed by atoms with E-state index in [0.717, 1.165) is 12.8 Å². The topological polar surface area (TPSA) is 122 Å². The van der Waals surface area contributed by atoms with Crippen molar-refractivity contribution in [3.05, 3.63) is 24.0 Å². The summed E-state index contributed by atoms with van der Waals surface area (Å²) in [6, 6.07) is 5.00. The number of carbonyl (C=O) groups is 1. The predicted octanol–water partition coefficient (Wildman–Crippen LogP) is 4.09. The van der Waals surface area contributed by atoms with Gasteiger partial charge in [-0.05, 0) is 52.2 Å². The lowest BCUT2D eigenvalue weighted by Crippen LogP contribution is -2.60. The zero-order valence-electron chi connectivity index (χ0n) is 23.0. The summed E-state index contributed by atoms with van der Waals surface area (Å²) in [7, 11) is 1.45. The Bertz CT molecular complexity index is 1370. The average Bonchev–Trinajstić information content (AvgIpc) is 3.33. The van der Waals surface area contributed by atoms with E-state index in [-0.39, 0.29) is 17.4 Å². The number of anilines is 2. The molecule has 1 unspecified atom stereocenters. The number of benzene rings is 1. The van der Waals surface area contributed by atoms with Gasteiger partial charge in [-0.2, -0.15) is 15.0 Å². The molecular weight excluding hydrogens is 526 g/mol. The molecular formula is C26H34F2N8O4. The maximum atomic E-state index is 14.4. The number of rotatable bonds is 6. The number of amides is 1. The Labute approximate surface area is 230 Å². The monoisotopic (exact) mass is 560 g/mol. The zero-order valence-corrected chi connectivity index (χ0v) is 23.0. The Morgan fingerprint density at radius 1 is 1.07 bits per heavy atom. The first-order valence-electron chi connectivity index (χ1n) is 13.3. The molecule has 0 saturated carbocycles. The molecule has 12 nitrogen and oxygen atoms in total. The number of piperidine rings is 1. The number of para-hydroxylation sites is 1. The maximum Gasteiger partial charge on any atom is 0.409 e. The third kappa shape index (κ3) is 5.19. The summed E-state index contributed by atoms with van der Waals surface area (Å²) in [5.41, 5.74) is -0.0813. The minimum absolute atomic E-state index is 0.0282. The number of imidazole rings is 1. The van der Waals surface area contributed by atoms with Gasteiger partial charge in [0.1, 0.15) is 17.4 Å². The van der Waals surface area contributed by atoms with E-state index in [4.69, 9.17) is 19.4 Å². The number of hydrogen-bond donors (Lipinski definition) is 1. The first-order valence-corrected chi connectivity index (χ1v) is 13.3.